The number of rotatable bonds is 2. The zero-order valence-corrected chi connectivity index (χ0v) is 16.7. The van der Waals surface area contributed by atoms with Crippen LogP contribution in [0.5, 0.6) is 0 Å². The predicted octanol–water partition coefficient (Wildman–Crippen LogP) is 3.70. The van der Waals surface area contributed by atoms with Crippen molar-refractivity contribution in [1.82, 2.24) is 10.5 Å². The summed E-state index contributed by atoms with van der Waals surface area (Å²) in [5.74, 6) is 0.105. The number of thiophene rings is 1. The van der Waals surface area contributed by atoms with E-state index in [1.54, 1.807) is 16.8 Å². The van der Waals surface area contributed by atoms with Crippen LogP contribution in [-0.2, 0) is 6.42 Å². The lowest BCUT2D eigenvalue weighted by Crippen LogP contribution is -2.28. The van der Waals surface area contributed by atoms with E-state index in [-0.39, 0.29) is 11.9 Å². The Bertz CT molecular complexity index is 833. The van der Waals surface area contributed by atoms with Gasteiger partial charge in [0.25, 0.3) is 0 Å². The topological polar surface area (TPSA) is 95.9 Å². The molecular weight excluding hydrogens is 458 g/mol. The number of hydroxylamine groups is 1. The number of hydrogen-bond donors (Lipinski definition) is 3. The Morgan fingerprint density at radius 2 is 2.25 bits per heavy atom. The first-order valence-electron chi connectivity index (χ1n) is 7.19. The molecule has 0 amide bonds. The lowest BCUT2D eigenvalue weighted by Gasteiger charge is -2.26. The van der Waals surface area contributed by atoms with Crippen LogP contribution in [0.2, 0.25) is 0 Å². The van der Waals surface area contributed by atoms with Gasteiger partial charge in [0.05, 0.1) is 19.0 Å². The average Bonchev–Trinajstić information content (AvgIpc) is 2.90. The van der Waals surface area contributed by atoms with Crippen molar-refractivity contribution in [3.8, 4) is 0 Å². The van der Waals surface area contributed by atoms with Crippen molar-refractivity contribution >= 4 is 54.9 Å². The molecule has 9 heteroatoms. The SMILES string of the molecule is Cc1ccnc2c1/C(=N\N=C(N)NO)CC(c1cc(Br)sc1Br)C2. The lowest BCUT2D eigenvalue weighted by atomic mass is 9.81. The van der Waals surface area contributed by atoms with Gasteiger partial charge in [-0.2, -0.15) is 5.10 Å². The number of fused-ring (bicyclic) bond motifs is 1. The maximum Gasteiger partial charge on any atom is 0.237 e. The molecule has 1 aliphatic carbocycles. The summed E-state index contributed by atoms with van der Waals surface area (Å²) >= 11 is 8.83. The number of nitrogens with two attached hydrogens (primary N) is 1. The standard InChI is InChI=1S/C15H15Br2N5OS/c1-7-2-3-19-10-4-8(9-6-12(16)24-14(9)17)5-11(13(7)10)20-21-15(18)22-23/h2-3,6,8,23H,4-5H2,1H3,(H3,18,21,22)/b20-11-. The highest BCUT2D eigenvalue weighted by Crippen LogP contribution is 2.41. The molecule has 0 spiro atoms. The van der Waals surface area contributed by atoms with Gasteiger partial charge in [0.2, 0.25) is 5.96 Å². The molecule has 3 rings (SSSR count). The molecule has 0 radical (unpaired) electrons. The molecule has 2 heterocycles. The van der Waals surface area contributed by atoms with Crippen LogP contribution in [0.1, 0.15) is 34.7 Å². The van der Waals surface area contributed by atoms with Gasteiger partial charge in [-0.15, -0.1) is 16.4 Å². The first-order chi connectivity index (χ1) is 11.5. The normalized spacial score (nSPS) is 19.4. The largest absolute Gasteiger partial charge is 0.367 e. The molecule has 1 unspecified atom stereocenters. The van der Waals surface area contributed by atoms with E-state index in [1.807, 2.05) is 19.2 Å². The quantitative estimate of drug-likeness (QED) is 0.352. The van der Waals surface area contributed by atoms with Crippen LogP contribution in [-0.4, -0.2) is 21.9 Å². The van der Waals surface area contributed by atoms with Crippen molar-refractivity contribution in [2.24, 2.45) is 15.9 Å². The maximum atomic E-state index is 8.79. The van der Waals surface area contributed by atoms with Crippen molar-refractivity contribution < 1.29 is 5.21 Å². The second-order valence-electron chi connectivity index (χ2n) is 5.48. The molecule has 1 aliphatic rings. The molecule has 4 N–H and O–H groups in total. The minimum atomic E-state index is -0.146. The van der Waals surface area contributed by atoms with Gasteiger partial charge in [0.1, 0.15) is 0 Å². The number of nitrogens with one attached hydrogen (secondary N) is 1. The molecule has 0 saturated heterocycles. The Labute approximate surface area is 160 Å². The molecule has 6 nitrogen and oxygen atoms in total. The number of nitrogens with zero attached hydrogens (tertiary/aromatic N) is 3. The van der Waals surface area contributed by atoms with Crippen LogP contribution in [0.4, 0.5) is 0 Å². The average molecular weight is 473 g/mol. The van der Waals surface area contributed by atoms with Gasteiger partial charge in [0.15, 0.2) is 0 Å². The van der Waals surface area contributed by atoms with Crippen molar-refractivity contribution in [1.29, 1.82) is 0 Å². The van der Waals surface area contributed by atoms with Crippen molar-refractivity contribution in [2.75, 3.05) is 0 Å². The van der Waals surface area contributed by atoms with E-state index < -0.39 is 0 Å². The summed E-state index contributed by atoms with van der Waals surface area (Å²) in [5, 5.41) is 16.9. The van der Waals surface area contributed by atoms with Crippen LogP contribution < -0.4 is 11.2 Å². The molecule has 126 valence electrons. The second-order valence-corrected chi connectivity index (χ2v) is 9.23. The lowest BCUT2D eigenvalue weighted by molar-refractivity contribution is 0.232. The first-order valence-corrected chi connectivity index (χ1v) is 9.59. The van der Waals surface area contributed by atoms with E-state index >= 15 is 0 Å². The smallest absolute Gasteiger partial charge is 0.237 e. The monoisotopic (exact) mass is 471 g/mol. The van der Waals surface area contributed by atoms with Crippen LogP contribution in [0.25, 0.3) is 0 Å². The van der Waals surface area contributed by atoms with Crippen LogP contribution in [0.3, 0.4) is 0 Å². The van der Waals surface area contributed by atoms with Crippen LogP contribution in [0, 0.1) is 6.92 Å². The van der Waals surface area contributed by atoms with E-state index in [2.05, 4.69) is 53.1 Å². The van der Waals surface area contributed by atoms with Gasteiger partial charge >= 0.3 is 0 Å². The minimum Gasteiger partial charge on any atom is -0.367 e. The summed E-state index contributed by atoms with van der Waals surface area (Å²) in [6.07, 6.45) is 3.39. The van der Waals surface area contributed by atoms with E-state index in [4.69, 9.17) is 10.9 Å². The summed E-state index contributed by atoms with van der Waals surface area (Å²) in [7, 11) is 0. The highest BCUT2D eigenvalue weighted by Gasteiger charge is 2.29. The molecular formula is C15H15Br2N5OS. The number of pyridine rings is 1. The van der Waals surface area contributed by atoms with Gasteiger partial charge in [-0.05, 0) is 80.8 Å². The molecule has 0 saturated carbocycles. The molecule has 0 aliphatic heterocycles. The van der Waals surface area contributed by atoms with Gasteiger partial charge < -0.3 is 5.73 Å². The van der Waals surface area contributed by atoms with E-state index in [0.717, 1.165) is 42.9 Å². The first kappa shape index (κ1) is 17.5. The Balaban J connectivity index is 2.06. The van der Waals surface area contributed by atoms with Gasteiger partial charge in [-0.25, -0.2) is 5.48 Å². The third-order valence-corrected chi connectivity index (χ3v) is 6.31. The van der Waals surface area contributed by atoms with Gasteiger partial charge in [-0.1, -0.05) is 0 Å². The molecule has 24 heavy (non-hydrogen) atoms. The highest BCUT2D eigenvalue weighted by molar-refractivity contribution is 9.12. The fourth-order valence-electron chi connectivity index (χ4n) is 2.88. The van der Waals surface area contributed by atoms with Crippen molar-refractivity contribution in [3.63, 3.8) is 0 Å². The number of guanidine groups is 1. The molecule has 2 aromatic rings. The van der Waals surface area contributed by atoms with Crippen molar-refractivity contribution in [2.45, 2.75) is 25.7 Å². The number of hydrogen-bond acceptors (Lipinski definition) is 5. The third kappa shape index (κ3) is 3.53. The highest BCUT2D eigenvalue weighted by atomic mass is 79.9. The molecule has 0 fully saturated rings. The number of aromatic nitrogens is 1. The predicted molar refractivity (Wildman–Crippen MR) is 103 cm³/mol. The van der Waals surface area contributed by atoms with Crippen LogP contribution >= 0.6 is 43.2 Å². The van der Waals surface area contributed by atoms with Gasteiger partial charge in [0, 0.05) is 11.8 Å². The van der Waals surface area contributed by atoms with Crippen LogP contribution in [0.15, 0.2) is 36.1 Å². The number of aryl methyl sites for hydroxylation is 1. The Morgan fingerprint density at radius 3 is 2.92 bits per heavy atom. The molecule has 1 atom stereocenters. The summed E-state index contributed by atoms with van der Waals surface area (Å²) in [4.78, 5) is 4.54. The fourth-order valence-corrected chi connectivity index (χ4v) is 5.93. The Morgan fingerprint density at radius 1 is 1.46 bits per heavy atom. The van der Waals surface area contributed by atoms with Crippen molar-refractivity contribution in [3.05, 3.63) is 48.3 Å². The Hall–Kier alpha value is -1.29. The van der Waals surface area contributed by atoms with E-state index in [0.29, 0.717) is 0 Å². The zero-order chi connectivity index (χ0) is 17.3. The maximum absolute atomic E-state index is 8.79. The molecule has 0 aromatic carbocycles. The summed E-state index contributed by atoms with van der Waals surface area (Å²) in [6.45, 7) is 2.03. The second kappa shape index (κ2) is 7.30. The minimum absolute atomic E-state index is 0.146. The van der Waals surface area contributed by atoms with E-state index in [9.17, 15) is 0 Å². The summed E-state index contributed by atoms with van der Waals surface area (Å²) in [6, 6.07) is 4.09. The molecule has 0 bridgehead atoms. The van der Waals surface area contributed by atoms with Gasteiger partial charge in [-0.3, -0.25) is 10.2 Å². The molecule has 2 aromatic heterocycles. The Kier molecular flexibility index (Phi) is 5.33. The van der Waals surface area contributed by atoms with E-state index in [1.165, 1.54) is 5.56 Å². The fraction of sp³-hybridized carbons (Fsp3) is 0.267. The summed E-state index contributed by atoms with van der Waals surface area (Å²) < 4.78 is 2.19. The summed E-state index contributed by atoms with van der Waals surface area (Å²) in [5.41, 5.74) is 12.4. The third-order valence-electron chi connectivity index (χ3n) is 3.92. The zero-order valence-electron chi connectivity index (χ0n) is 12.8. The number of halogens is 2.